The second kappa shape index (κ2) is 6.43. The normalized spacial score (nSPS) is 11.5. The molecule has 96 valence electrons. The Balaban J connectivity index is 0.00000162. The number of rotatable bonds is 3. The van der Waals surface area contributed by atoms with Gasteiger partial charge in [0.25, 0.3) is 0 Å². The third kappa shape index (κ3) is 3.03. The van der Waals surface area contributed by atoms with Crippen molar-refractivity contribution in [3.8, 4) is 5.75 Å². The SMILES string of the molecule is COc1cc(C)ccc1C(N)c1ccccc1.Cl. The molecule has 1 unspecified atom stereocenters. The van der Waals surface area contributed by atoms with Crippen LogP contribution >= 0.6 is 12.4 Å². The first-order valence-electron chi connectivity index (χ1n) is 5.67. The fourth-order valence-corrected chi connectivity index (χ4v) is 1.92. The smallest absolute Gasteiger partial charge is 0.124 e. The van der Waals surface area contributed by atoms with Crippen molar-refractivity contribution in [3.05, 3.63) is 65.2 Å². The van der Waals surface area contributed by atoms with E-state index in [2.05, 4.69) is 6.07 Å². The van der Waals surface area contributed by atoms with Crippen LogP contribution in [0.15, 0.2) is 48.5 Å². The highest BCUT2D eigenvalue weighted by molar-refractivity contribution is 5.85. The first-order valence-corrected chi connectivity index (χ1v) is 5.67. The molecule has 0 saturated heterocycles. The number of hydrogen-bond donors (Lipinski definition) is 1. The van der Waals surface area contributed by atoms with E-state index in [1.165, 1.54) is 5.56 Å². The highest BCUT2D eigenvalue weighted by Crippen LogP contribution is 2.28. The number of ether oxygens (including phenoxy) is 1. The van der Waals surface area contributed by atoms with Crippen LogP contribution in [0.5, 0.6) is 5.75 Å². The molecule has 0 aliphatic heterocycles. The van der Waals surface area contributed by atoms with Gasteiger partial charge in [-0.1, -0.05) is 42.5 Å². The zero-order valence-electron chi connectivity index (χ0n) is 10.6. The summed E-state index contributed by atoms with van der Waals surface area (Å²) in [6.45, 7) is 2.04. The lowest BCUT2D eigenvalue weighted by Crippen LogP contribution is -2.13. The first kappa shape index (κ1) is 14.6. The van der Waals surface area contributed by atoms with Crippen molar-refractivity contribution in [3.63, 3.8) is 0 Å². The molecule has 0 heterocycles. The summed E-state index contributed by atoms with van der Waals surface area (Å²) < 4.78 is 5.39. The van der Waals surface area contributed by atoms with E-state index in [1.54, 1.807) is 7.11 Å². The molecule has 0 aliphatic rings. The van der Waals surface area contributed by atoms with Crippen molar-refractivity contribution in [2.45, 2.75) is 13.0 Å². The molecule has 0 aliphatic carbocycles. The summed E-state index contributed by atoms with van der Waals surface area (Å²) in [4.78, 5) is 0. The molecule has 2 N–H and O–H groups in total. The lowest BCUT2D eigenvalue weighted by atomic mass is 9.98. The van der Waals surface area contributed by atoms with Crippen LogP contribution in [-0.4, -0.2) is 7.11 Å². The number of halogens is 1. The molecule has 2 nitrogen and oxygen atoms in total. The highest BCUT2D eigenvalue weighted by Gasteiger charge is 2.13. The molecule has 1 atom stereocenters. The molecule has 0 amide bonds. The zero-order valence-corrected chi connectivity index (χ0v) is 11.4. The lowest BCUT2D eigenvalue weighted by molar-refractivity contribution is 0.407. The summed E-state index contributed by atoms with van der Waals surface area (Å²) >= 11 is 0. The Bertz CT molecular complexity index is 499. The van der Waals surface area contributed by atoms with Crippen molar-refractivity contribution in [2.75, 3.05) is 7.11 Å². The molecular weight excluding hydrogens is 246 g/mol. The molecule has 0 aromatic heterocycles. The van der Waals surface area contributed by atoms with Crippen molar-refractivity contribution in [1.82, 2.24) is 0 Å². The van der Waals surface area contributed by atoms with E-state index < -0.39 is 0 Å². The van der Waals surface area contributed by atoms with Crippen molar-refractivity contribution < 1.29 is 4.74 Å². The highest BCUT2D eigenvalue weighted by atomic mass is 35.5. The Morgan fingerprint density at radius 3 is 2.33 bits per heavy atom. The van der Waals surface area contributed by atoms with Gasteiger partial charge in [0.05, 0.1) is 13.2 Å². The van der Waals surface area contributed by atoms with E-state index in [4.69, 9.17) is 10.5 Å². The summed E-state index contributed by atoms with van der Waals surface area (Å²) in [6.07, 6.45) is 0. The fourth-order valence-electron chi connectivity index (χ4n) is 1.92. The molecule has 0 radical (unpaired) electrons. The quantitative estimate of drug-likeness (QED) is 0.920. The van der Waals surface area contributed by atoms with Crippen LogP contribution < -0.4 is 10.5 Å². The Kier molecular flexibility index (Phi) is 5.20. The maximum atomic E-state index is 6.26. The van der Waals surface area contributed by atoms with Crippen molar-refractivity contribution >= 4 is 12.4 Å². The van der Waals surface area contributed by atoms with Gasteiger partial charge >= 0.3 is 0 Å². The van der Waals surface area contributed by atoms with E-state index >= 15 is 0 Å². The molecule has 0 fully saturated rings. The number of benzene rings is 2. The standard InChI is InChI=1S/C15H17NO.ClH/c1-11-8-9-13(14(10-11)17-2)15(16)12-6-4-3-5-7-12;/h3-10,15H,16H2,1-2H3;1H. The minimum absolute atomic E-state index is 0. The molecule has 0 spiro atoms. The van der Waals surface area contributed by atoms with E-state index in [-0.39, 0.29) is 18.4 Å². The van der Waals surface area contributed by atoms with Crippen molar-refractivity contribution in [2.24, 2.45) is 5.73 Å². The second-order valence-electron chi connectivity index (χ2n) is 4.13. The number of aryl methyl sites for hydroxylation is 1. The van der Waals surface area contributed by atoms with Gasteiger partial charge in [-0.25, -0.2) is 0 Å². The summed E-state index contributed by atoms with van der Waals surface area (Å²) in [6, 6.07) is 16.0. The average Bonchev–Trinajstić information content (AvgIpc) is 2.39. The molecule has 2 rings (SSSR count). The minimum atomic E-state index is -0.147. The summed E-state index contributed by atoms with van der Waals surface area (Å²) in [5.41, 5.74) is 9.54. The largest absolute Gasteiger partial charge is 0.496 e. The Labute approximate surface area is 114 Å². The van der Waals surface area contributed by atoms with Crippen LogP contribution in [0.1, 0.15) is 22.7 Å². The van der Waals surface area contributed by atoms with Gasteiger partial charge in [-0.3, -0.25) is 0 Å². The molecule has 0 bridgehead atoms. The van der Waals surface area contributed by atoms with Crippen LogP contribution in [-0.2, 0) is 0 Å². The minimum Gasteiger partial charge on any atom is -0.496 e. The Morgan fingerprint density at radius 1 is 1.06 bits per heavy atom. The molecule has 2 aromatic rings. The third-order valence-corrected chi connectivity index (χ3v) is 2.88. The Hall–Kier alpha value is -1.51. The summed E-state index contributed by atoms with van der Waals surface area (Å²) in [5.74, 6) is 0.848. The summed E-state index contributed by atoms with van der Waals surface area (Å²) in [7, 11) is 1.68. The second-order valence-corrected chi connectivity index (χ2v) is 4.13. The van der Waals surface area contributed by atoms with Gasteiger partial charge < -0.3 is 10.5 Å². The van der Waals surface area contributed by atoms with Crippen LogP contribution in [0.3, 0.4) is 0 Å². The summed E-state index contributed by atoms with van der Waals surface area (Å²) in [5, 5.41) is 0. The van der Waals surface area contributed by atoms with E-state index in [0.717, 1.165) is 16.9 Å². The van der Waals surface area contributed by atoms with Gasteiger partial charge in [-0.05, 0) is 24.1 Å². The number of nitrogens with two attached hydrogens (primary N) is 1. The van der Waals surface area contributed by atoms with E-state index in [9.17, 15) is 0 Å². The van der Waals surface area contributed by atoms with Crippen LogP contribution in [0, 0.1) is 6.92 Å². The van der Waals surface area contributed by atoms with Gasteiger partial charge in [0.15, 0.2) is 0 Å². The van der Waals surface area contributed by atoms with Gasteiger partial charge in [0.1, 0.15) is 5.75 Å². The molecule has 18 heavy (non-hydrogen) atoms. The zero-order chi connectivity index (χ0) is 12.3. The van der Waals surface area contributed by atoms with Gasteiger partial charge in [-0.15, -0.1) is 12.4 Å². The molecular formula is C15H18ClNO. The molecule has 0 saturated carbocycles. The van der Waals surface area contributed by atoms with Crippen LogP contribution in [0.25, 0.3) is 0 Å². The predicted molar refractivity (Wildman–Crippen MR) is 77.5 cm³/mol. The Morgan fingerprint density at radius 2 is 1.72 bits per heavy atom. The monoisotopic (exact) mass is 263 g/mol. The van der Waals surface area contributed by atoms with Gasteiger partial charge in [-0.2, -0.15) is 0 Å². The molecule has 3 heteroatoms. The number of hydrogen-bond acceptors (Lipinski definition) is 2. The lowest BCUT2D eigenvalue weighted by Gasteiger charge is -2.16. The average molecular weight is 264 g/mol. The fraction of sp³-hybridized carbons (Fsp3) is 0.200. The van der Waals surface area contributed by atoms with Crippen LogP contribution in [0.2, 0.25) is 0 Å². The molecule has 2 aromatic carbocycles. The number of methoxy groups -OCH3 is 1. The van der Waals surface area contributed by atoms with E-state index in [1.807, 2.05) is 49.4 Å². The topological polar surface area (TPSA) is 35.2 Å². The van der Waals surface area contributed by atoms with Crippen molar-refractivity contribution in [1.29, 1.82) is 0 Å². The van der Waals surface area contributed by atoms with Gasteiger partial charge in [0.2, 0.25) is 0 Å². The van der Waals surface area contributed by atoms with Gasteiger partial charge in [0, 0.05) is 5.56 Å². The maximum absolute atomic E-state index is 6.26. The van der Waals surface area contributed by atoms with Crippen LogP contribution in [0.4, 0.5) is 0 Å². The maximum Gasteiger partial charge on any atom is 0.124 e. The predicted octanol–water partition coefficient (Wildman–Crippen LogP) is 3.47. The van der Waals surface area contributed by atoms with E-state index in [0.29, 0.717) is 0 Å². The third-order valence-electron chi connectivity index (χ3n) is 2.88. The first-order chi connectivity index (χ1) is 8.22.